The Morgan fingerprint density at radius 1 is 0.878 bits per heavy atom. The lowest BCUT2D eigenvalue weighted by Crippen LogP contribution is -2.51. The molecule has 1 spiro atoms. The van der Waals surface area contributed by atoms with Crippen molar-refractivity contribution in [3.63, 3.8) is 0 Å². The van der Waals surface area contributed by atoms with Gasteiger partial charge in [-0.25, -0.2) is 9.78 Å². The average molecular weight is 575 g/mol. The van der Waals surface area contributed by atoms with Crippen molar-refractivity contribution in [2.24, 2.45) is 5.16 Å². The van der Waals surface area contributed by atoms with E-state index < -0.39 is 11.7 Å². The number of anilines is 2. The molecular formula is C30H31ClN6O4. The third-order valence-corrected chi connectivity index (χ3v) is 8.07. The second kappa shape index (κ2) is 11.8. The number of rotatable bonds is 5. The molecule has 0 aliphatic carbocycles. The summed E-state index contributed by atoms with van der Waals surface area (Å²) in [4.78, 5) is 45.3. The summed E-state index contributed by atoms with van der Waals surface area (Å²) in [6.45, 7) is 3.38. The molecule has 2 fully saturated rings. The van der Waals surface area contributed by atoms with Gasteiger partial charge in [0.05, 0.1) is 5.02 Å². The standard InChI is InChI=1S/C30H31ClN6O4/c31-25-7-4-14-32-27(25)35-17-19-36(20-18-35)28(38)26-21-30(41-34-26)12-15-37(16-13-30)40-29(39)33-24-10-8-23(9-11-24)22-5-2-1-3-6-22/h1-11,14H,12-13,15-21H2,(H,33,39). The molecule has 2 saturated heterocycles. The van der Waals surface area contributed by atoms with Gasteiger partial charge in [-0.1, -0.05) is 59.2 Å². The highest BCUT2D eigenvalue weighted by Gasteiger charge is 2.45. The maximum atomic E-state index is 13.2. The van der Waals surface area contributed by atoms with Crippen LogP contribution in [0, 0.1) is 0 Å². The van der Waals surface area contributed by atoms with Crippen molar-refractivity contribution in [2.45, 2.75) is 24.9 Å². The topological polar surface area (TPSA) is 99.6 Å². The molecule has 0 atom stereocenters. The number of aromatic nitrogens is 1. The van der Waals surface area contributed by atoms with Gasteiger partial charge in [0.15, 0.2) is 0 Å². The van der Waals surface area contributed by atoms with Gasteiger partial charge < -0.3 is 19.5 Å². The first kappa shape index (κ1) is 27.0. The zero-order valence-electron chi connectivity index (χ0n) is 22.5. The Hall–Kier alpha value is -4.15. The molecule has 10 nitrogen and oxygen atoms in total. The Labute approximate surface area is 243 Å². The molecule has 1 N–H and O–H groups in total. The second-order valence-electron chi connectivity index (χ2n) is 10.5. The van der Waals surface area contributed by atoms with Crippen molar-refractivity contribution in [1.29, 1.82) is 0 Å². The first-order chi connectivity index (χ1) is 20.0. The van der Waals surface area contributed by atoms with Gasteiger partial charge in [-0.2, -0.15) is 0 Å². The average Bonchev–Trinajstić information content (AvgIpc) is 3.43. The Balaban J connectivity index is 0.945. The first-order valence-corrected chi connectivity index (χ1v) is 14.2. The first-order valence-electron chi connectivity index (χ1n) is 13.8. The van der Waals surface area contributed by atoms with E-state index in [-0.39, 0.29) is 5.91 Å². The van der Waals surface area contributed by atoms with Crippen molar-refractivity contribution in [2.75, 3.05) is 49.5 Å². The maximum Gasteiger partial charge on any atom is 0.430 e. The number of nitrogens with zero attached hydrogens (tertiary/aromatic N) is 5. The van der Waals surface area contributed by atoms with Crippen LogP contribution in [0.15, 0.2) is 78.1 Å². The molecule has 3 aliphatic rings. The van der Waals surface area contributed by atoms with Crippen LogP contribution < -0.4 is 10.2 Å². The van der Waals surface area contributed by atoms with Crippen molar-refractivity contribution in [3.05, 3.63) is 77.9 Å². The van der Waals surface area contributed by atoms with Crippen LogP contribution in [0.25, 0.3) is 11.1 Å². The number of hydroxylamine groups is 2. The Morgan fingerprint density at radius 2 is 1.59 bits per heavy atom. The van der Waals surface area contributed by atoms with Crippen LogP contribution in [-0.2, 0) is 14.5 Å². The van der Waals surface area contributed by atoms with E-state index in [2.05, 4.69) is 20.4 Å². The minimum atomic E-state index is -0.544. The molecule has 212 valence electrons. The fourth-order valence-corrected chi connectivity index (χ4v) is 5.68. The monoisotopic (exact) mass is 574 g/mol. The molecule has 3 aromatic rings. The van der Waals surface area contributed by atoms with Gasteiger partial charge in [-0.05, 0) is 35.4 Å². The lowest BCUT2D eigenvalue weighted by atomic mass is 9.87. The summed E-state index contributed by atoms with van der Waals surface area (Å²) in [7, 11) is 0. The van der Waals surface area contributed by atoms with Crippen LogP contribution >= 0.6 is 11.6 Å². The van der Waals surface area contributed by atoms with Crippen LogP contribution in [0.1, 0.15) is 19.3 Å². The zero-order valence-corrected chi connectivity index (χ0v) is 23.3. The van der Waals surface area contributed by atoms with Gasteiger partial charge in [0, 0.05) is 70.4 Å². The second-order valence-corrected chi connectivity index (χ2v) is 10.9. The number of nitrogens with one attached hydrogen (secondary N) is 1. The fourth-order valence-electron chi connectivity index (χ4n) is 5.44. The van der Waals surface area contributed by atoms with Crippen LogP contribution in [0.5, 0.6) is 0 Å². The number of piperazine rings is 1. The highest BCUT2D eigenvalue weighted by molar-refractivity contribution is 6.39. The normalized spacial score (nSPS) is 18.5. The largest absolute Gasteiger partial charge is 0.430 e. The summed E-state index contributed by atoms with van der Waals surface area (Å²) >= 11 is 6.29. The summed E-state index contributed by atoms with van der Waals surface area (Å²) < 4.78 is 0. The number of pyridine rings is 1. The third-order valence-electron chi connectivity index (χ3n) is 7.78. The van der Waals surface area contributed by atoms with E-state index in [0.29, 0.717) is 75.0 Å². The lowest BCUT2D eigenvalue weighted by molar-refractivity contribution is -0.154. The number of benzene rings is 2. The Kier molecular flexibility index (Phi) is 7.76. The molecule has 0 saturated carbocycles. The zero-order chi connectivity index (χ0) is 28.2. The Morgan fingerprint density at radius 3 is 2.29 bits per heavy atom. The minimum absolute atomic E-state index is 0.0926. The van der Waals surface area contributed by atoms with E-state index in [1.807, 2.05) is 65.6 Å². The number of hydrogen-bond donors (Lipinski definition) is 1. The van der Waals surface area contributed by atoms with E-state index in [1.54, 1.807) is 17.3 Å². The molecule has 1 aromatic heterocycles. The summed E-state index contributed by atoms with van der Waals surface area (Å²) in [5, 5.41) is 9.21. The molecule has 3 aliphatic heterocycles. The number of hydrogen-bond acceptors (Lipinski definition) is 8. The van der Waals surface area contributed by atoms with Crippen LogP contribution in [0.4, 0.5) is 16.3 Å². The van der Waals surface area contributed by atoms with Crippen LogP contribution in [0.2, 0.25) is 5.02 Å². The summed E-state index contributed by atoms with van der Waals surface area (Å²) in [6, 6.07) is 21.3. The third kappa shape index (κ3) is 6.13. The quantitative estimate of drug-likeness (QED) is 0.466. The molecule has 6 rings (SSSR count). The number of carbonyl (C=O) groups is 2. The molecule has 2 aromatic carbocycles. The van der Waals surface area contributed by atoms with Crippen molar-refractivity contribution in [3.8, 4) is 11.1 Å². The predicted octanol–water partition coefficient (Wildman–Crippen LogP) is 4.83. The molecule has 4 heterocycles. The van der Waals surface area contributed by atoms with Gasteiger partial charge in [0.2, 0.25) is 0 Å². The SMILES string of the molecule is O=C(Nc1ccc(-c2ccccc2)cc1)ON1CCC2(CC1)CC(C(=O)N1CCN(c3ncccc3Cl)CC1)=NO2. The molecule has 41 heavy (non-hydrogen) atoms. The number of amides is 2. The number of piperidine rings is 1. The summed E-state index contributed by atoms with van der Waals surface area (Å²) in [5.74, 6) is 0.648. The van der Waals surface area contributed by atoms with Gasteiger partial charge in [0.1, 0.15) is 17.1 Å². The molecule has 2 amide bonds. The van der Waals surface area contributed by atoms with E-state index in [9.17, 15) is 9.59 Å². The van der Waals surface area contributed by atoms with Crippen LogP contribution in [-0.4, -0.2) is 77.5 Å². The van der Waals surface area contributed by atoms with Crippen molar-refractivity contribution in [1.82, 2.24) is 14.9 Å². The van der Waals surface area contributed by atoms with E-state index in [1.165, 1.54) is 0 Å². The highest BCUT2D eigenvalue weighted by atomic mass is 35.5. The maximum absolute atomic E-state index is 13.2. The van der Waals surface area contributed by atoms with E-state index in [4.69, 9.17) is 21.3 Å². The van der Waals surface area contributed by atoms with E-state index in [0.717, 1.165) is 16.9 Å². The molecular weight excluding hydrogens is 544 g/mol. The van der Waals surface area contributed by atoms with Crippen molar-refractivity contribution >= 4 is 40.8 Å². The van der Waals surface area contributed by atoms with E-state index >= 15 is 0 Å². The summed E-state index contributed by atoms with van der Waals surface area (Å²) in [6.07, 6.45) is 2.82. The molecule has 0 radical (unpaired) electrons. The van der Waals surface area contributed by atoms with Crippen molar-refractivity contribution < 1.29 is 19.3 Å². The molecule has 11 heteroatoms. The number of halogens is 1. The number of oxime groups is 1. The van der Waals surface area contributed by atoms with Crippen LogP contribution in [0.3, 0.4) is 0 Å². The Bertz CT molecular complexity index is 1420. The van der Waals surface area contributed by atoms with Gasteiger partial charge in [-0.15, -0.1) is 5.06 Å². The lowest BCUT2D eigenvalue weighted by Gasteiger charge is -2.36. The molecule has 0 bridgehead atoms. The fraction of sp³-hybridized carbons (Fsp3) is 0.333. The van der Waals surface area contributed by atoms with Gasteiger partial charge in [0.25, 0.3) is 5.91 Å². The predicted molar refractivity (Wildman–Crippen MR) is 157 cm³/mol. The summed E-state index contributed by atoms with van der Waals surface area (Å²) in [5.41, 5.74) is 2.74. The number of carbonyl (C=O) groups excluding carboxylic acids is 2. The molecule has 0 unspecified atom stereocenters. The smallest absolute Gasteiger partial charge is 0.388 e. The van der Waals surface area contributed by atoms with Gasteiger partial charge >= 0.3 is 6.09 Å². The minimum Gasteiger partial charge on any atom is -0.388 e. The highest BCUT2D eigenvalue weighted by Crippen LogP contribution is 2.35. The van der Waals surface area contributed by atoms with Gasteiger partial charge in [-0.3, -0.25) is 10.1 Å².